The summed E-state index contributed by atoms with van der Waals surface area (Å²) in [6.07, 6.45) is 3.48. The molecule has 4 nitrogen and oxygen atoms in total. The largest absolute Gasteiger partial charge is 0.481 e. The average molecular weight is 244 g/mol. The van der Waals surface area contributed by atoms with Crippen LogP contribution in [-0.4, -0.2) is 29.1 Å². The summed E-state index contributed by atoms with van der Waals surface area (Å²) in [6.45, 7) is 0. The summed E-state index contributed by atoms with van der Waals surface area (Å²) in [6, 6.07) is 8.50. The first-order valence-corrected chi connectivity index (χ1v) is 6.18. The molecule has 2 aromatic rings. The summed E-state index contributed by atoms with van der Waals surface area (Å²) in [4.78, 5) is 16.3. The van der Waals surface area contributed by atoms with Crippen LogP contribution in [0.25, 0.3) is 10.9 Å². The van der Waals surface area contributed by atoms with E-state index in [1.54, 1.807) is 0 Å². The van der Waals surface area contributed by atoms with Gasteiger partial charge in [0.2, 0.25) is 0 Å². The van der Waals surface area contributed by atoms with Crippen molar-refractivity contribution in [3.8, 4) is 0 Å². The lowest BCUT2D eigenvalue weighted by atomic mass is 9.79. The van der Waals surface area contributed by atoms with Crippen LogP contribution in [0.15, 0.2) is 30.5 Å². The van der Waals surface area contributed by atoms with Crippen molar-refractivity contribution in [3.05, 3.63) is 30.5 Å². The lowest BCUT2D eigenvalue weighted by Gasteiger charge is -2.40. The number of aromatic nitrogens is 1. The van der Waals surface area contributed by atoms with Gasteiger partial charge in [-0.3, -0.25) is 4.79 Å². The number of para-hydroxylation sites is 1. The third-order valence-corrected chi connectivity index (χ3v) is 3.96. The van der Waals surface area contributed by atoms with Crippen molar-refractivity contribution in [1.82, 2.24) is 4.98 Å². The van der Waals surface area contributed by atoms with Gasteiger partial charge in [-0.05, 0) is 18.9 Å². The van der Waals surface area contributed by atoms with E-state index in [9.17, 15) is 4.79 Å². The number of nitrogens with zero attached hydrogens (tertiary/aromatic N) is 1. The van der Waals surface area contributed by atoms with E-state index in [0.29, 0.717) is 6.04 Å². The molecular formula is C14H16N2O2. The molecule has 2 N–H and O–H groups in total. The Balaban J connectivity index is 1.81. The van der Waals surface area contributed by atoms with Crippen molar-refractivity contribution in [1.29, 1.82) is 0 Å². The molecule has 0 bridgehead atoms. The predicted molar refractivity (Wildman–Crippen MR) is 70.8 cm³/mol. The molecule has 18 heavy (non-hydrogen) atoms. The molecule has 1 aliphatic rings. The zero-order valence-corrected chi connectivity index (χ0v) is 10.3. The van der Waals surface area contributed by atoms with Gasteiger partial charge in [-0.25, -0.2) is 0 Å². The maximum atomic E-state index is 10.8. The molecular weight excluding hydrogens is 228 g/mol. The Morgan fingerprint density at radius 3 is 2.83 bits per heavy atom. The highest BCUT2D eigenvalue weighted by atomic mass is 16.4. The maximum absolute atomic E-state index is 10.8. The fourth-order valence-corrected chi connectivity index (χ4v) is 2.65. The van der Waals surface area contributed by atoms with E-state index in [2.05, 4.69) is 16.0 Å². The van der Waals surface area contributed by atoms with E-state index in [1.807, 2.05) is 31.4 Å². The summed E-state index contributed by atoms with van der Waals surface area (Å²) in [7, 11) is 2.04. The first-order valence-electron chi connectivity index (χ1n) is 6.18. The highest BCUT2D eigenvalue weighted by Crippen LogP contribution is 2.36. The molecule has 1 aromatic heterocycles. The van der Waals surface area contributed by atoms with Crippen molar-refractivity contribution in [2.24, 2.45) is 5.92 Å². The first kappa shape index (κ1) is 11.1. The van der Waals surface area contributed by atoms with Gasteiger partial charge >= 0.3 is 5.97 Å². The van der Waals surface area contributed by atoms with Crippen LogP contribution in [0.2, 0.25) is 0 Å². The summed E-state index contributed by atoms with van der Waals surface area (Å²) in [5, 5.41) is 10.1. The van der Waals surface area contributed by atoms with Crippen molar-refractivity contribution in [2.45, 2.75) is 18.9 Å². The van der Waals surface area contributed by atoms with Crippen molar-refractivity contribution < 1.29 is 9.90 Å². The second-order valence-electron chi connectivity index (χ2n) is 4.99. The molecule has 4 heteroatoms. The lowest BCUT2D eigenvalue weighted by molar-refractivity contribution is -0.145. The van der Waals surface area contributed by atoms with Gasteiger partial charge in [0.1, 0.15) is 0 Å². The van der Waals surface area contributed by atoms with E-state index >= 15 is 0 Å². The number of aliphatic carboxylic acids is 1. The molecule has 0 radical (unpaired) electrons. The van der Waals surface area contributed by atoms with Gasteiger partial charge in [0.25, 0.3) is 0 Å². The molecule has 3 rings (SSSR count). The Morgan fingerprint density at radius 1 is 1.39 bits per heavy atom. The van der Waals surface area contributed by atoms with Crippen LogP contribution in [0.3, 0.4) is 0 Å². The first-order chi connectivity index (χ1) is 8.66. The Bertz CT molecular complexity index is 584. The zero-order valence-electron chi connectivity index (χ0n) is 10.3. The topological polar surface area (TPSA) is 56.3 Å². The number of carboxylic acids is 1. The lowest BCUT2D eigenvalue weighted by Crippen LogP contribution is -2.45. The molecule has 1 saturated carbocycles. The standard InChI is InChI=1S/C14H16N2O2/c1-16(10-6-9(7-10)14(17)18)13-8-15-12-5-3-2-4-11(12)13/h2-5,8-10,15H,6-7H2,1H3,(H,17,18). The maximum Gasteiger partial charge on any atom is 0.306 e. The van der Waals surface area contributed by atoms with Gasteiger partial charge in [-0.1, -0.05) is 18.2 Å². The molecule has 0 amide bonds. The van der Waals surface area contributed by atoms with Gasteiger partial charge in [0, 0.05) is 30.2 Å². The molecule has 1 aromatic carbocycles. The summed E-state index contributed by atoms with van der Waals surface area (Å²) >= 11 is 0. The Kier molecular flexibility index (Phi) is 2.51. The number of fused-ring (bicyclic) bond motifs is 1. The number of anilines is 1. The van der Waals surface area contributed by atoms with E-state index in [1.165, 1.54) is 5.39 Å². The van der Waals surface area contributed by atoms with Crippen LogP contribution in [0.1, 0.15) is 12.8 Å². The number of hydrogen-bond donors (Lipinski definition) is 2. The smallest absolute Gasteiger partial charge is 0.306 e. The monoisotopic (exact) mass is 244 g/mol. The number of benzene rings is 1. The molecule has 0 aliphatic heterocycles. The Hall–Kier alpha value is -1.97. The fraction of sp³-hybridized carbons (Fsp3) is 0.357. The number of rotatable bonds is 3. The van der Waals surface area contributed by atoms with Crippen molar-refractivity contribution >= 4 is 22.6 Å². The van der Waals surface area contributed by atoms with Crippen molar-refractivity contribution in [3.63, 3.8) is 0 Å². The molecule has 94 valence electrons. The fourth-order valence-electron chi connectivity index (χ4n) is 2.65. The minimum absolute atomic E-state index is 0.164. The molecule has 0 unspecified atom stereocenters. The minimum atomic E-state index is -0.668. The van der Waals surface area contributed by atoms with Gasteiger partial charge < -0.3 is 15.0 Å². The second kappa shape index (κ2) is 4.05. The van der Waals surface area contributed by atoms with Crippen LogP contribution in [-0.2, 0) is 4.79 Å². The summed E-state index contributed by atoms with van der Waals surface area (Å²) < 4.78 is 0. The highest BCUT2D eigenvalue weighted by Gasteiger charge is 2.37. The average Bonchev–Trinajstić information content (AvgIpc) is 2.69. The van der Waals surface area contributed by atoms with Crippen molar-refractivity contribution in [2.75, 3.05) is 11.9 Å². The molecule has 1 heterocycles. The van der Waals surface area contributed by atoms with Crippen LogP contribution in [0, 0.1) is 5.92 Å². The number of carboxylic acid groups (broad SMARTS) is 1. The molecule has 0 saturated heterocycles. The van der Waals surface area contributed by atoms with Gasteiger partial charge in [0.15, 0.2) is 0 Å². The zero-order chi connectivity index (χ0) is 12.7. The molecule has 1 aliphatic carbocycles. The molecule has 1 fully saturated rings. The SMILES string of the molecule is CN(c1c[nH]c2ccccc12)C1CC(C(=O)O)C1. The number of H-pyrrole nitrogens is 1. The summed E-state index contributed by atoms with van der Waals surface area (Å²) in [5.41, 5.74) is 2.27. The predicted octanol–water partition coefficient (Wildman–Crippen LogP) is 2.47. The van der Waals surface area contributed by atoms with Crippen LogP contribution >= 0.6 is 0 Å². The highest BCUT2D eigenvalue weighted by molar-refractivity contribution is 5.93. The number of aromatic amines is 1. The van der Waals surface area contributed by atoms with E-state index in [0.717, 1.165) is 24.0 Å². The summed E-state index contributed by atoms with van der Waals surface area (Å²) in [5.74, 6) is -0.832. The quantitative estimate of drug-likeness (QED) is 0.872. The van der Waals surface area contributed by atoms with E-state index < -0.39 is 5.97 Å². The van der Waals surface area contributed by atoms with Gasteiger partial charge in [-0.15, -0.1) is 0 Å². The Morgan fingerprint density at radius 2 is 2.11 bits per heavy atom. The second-order valence-corrected chi connectivity index (χ2v) is 4.99. The Labute approximate surface area is 105 Å². The van der Waals surface area contributed by atoms with Crippen LogP contribution in [0.5, 0.6) is 0 Å². The van der Waals surface area contributed by atoms with Crippen LogP contribution in [0.4, 0.5) is 5.69 Å². The van der Waals surface area contributed by atoms with E-state index in [4.69, 9.17) is 5.11 Å². The molecule has 0 spiro atoms. The van der Waals surface area contributed by atoms with Gasteiger partial charge in [0.05, 0.1) is 11.6 Å². The third-order valence-electron chi connectivity index (χ3n) is 3.96. The van der Waals surface area contributed by atoms with Gasteiger partial charge in [-0.2, -0.15) is 0 Å². The van der Waals surface area contributed by atoms with Crippen LogP contribution < -0.4 is 4.90 Å². The third kappa shape index (κ3) is 1.65. The number of hydrogen-bond acceptors (Lipinski definition) is 2. The minimum Gasteiger partial charge on any atom is -0.481 e. The molecule has 0 atom stereocenters. The number of nitrogens with one attached hydrogen (secondary N) is 1. The normalized spacial score (nSPS) is 22.7. The van der Waals surface area contributed by atoms with E-state index in [-0.39, 0.29) is 5.92 Å². The number of carbonyl (C=O) groups is 1.